The Kier molecular flexibility index (Phi) is 3.43. The van der Waals surface area contributed by atoms with E-state index in [-0.39, 0.29) is 29.6 Å². The van der Waals surface area contributed by atoms with E-state index in [0.29, 0.717) is 0 Å². The van der Waals surface area contributed by atoms with Gasteiger partial charge in [-0.3, -0.25) is 0 Å². The second-order valence-corrected chi connectivity index (χ2v) is 2.26. The zero-order valence-corrected chi connectivity index (χ0v) is 7.88. The van der Waals surface area contributed by atoms with Gasteiger partial charge in [0, 0.05) is 0 Å². The molecule has 1 N–H and O–H groups in total. The van der Waals surface area contributed by atoms with E-state index in [1.807, 2.05) is 0 Å². The molecule has 0 aliphatic heterocycles. The monoisotopic (exact) mass is 174 g/mol. The van der Waals surface area contributed by atoms with Crippen LogP contribution in [0.3, 0.4) is 0 Å². The number of carbonyl (C=O) groups excluding carboxylic acids is 1. The zero-order valence-electron chi connectivity index (χ0n) is 5.88. The van der Waals surface area contributed by atoms with Crippen LogP contribution in [-0.2, 0) is 4.79 Å². The molecule has 0 aromatic carbocycles. The number of aliphatic hydroxyl groups is 1. The van der Waals surface area contributed by atoms with E-state index in [0.717, 1.165) is 0 Å². The fourth-order valence-corrected chi connectivity index (χ4v) is 0.939. The summed E-state index contributed by atoms with van der Waals surface area (Å²) >= 11 is 0. The summed E-state index contributed by atoms with van der Waals surface area (Å²) in [5.74, 6) is -8.26. The van der Waals surface area contributed by atoms with Crippen molar-refractivity contribution in [2.24, 2.45) is 11.8 Å². The smallest absolute Gasteiger partial charge is 0.550 e. The van der Waals surface area contributed by atoms with Crippen LogP contribution >= 0.6 is 0 Å². The summed E-state index contributed by atoms with van der Waals surface area (Å²) in [7, 11) is 0. The van der Waals surface area contributed by atoms with E-state index < -0.39 is 30.3 Å². The summed E-state index contributed by atoms with van der Waals surface area (Å²) in [5.41, 5.74) is 0. The van der Waals surface area contributed by atoms with Gasteiger partial charge in [0.25, 0.3) is 5.92 Å². The molecular weight excluding hydrogens is 169 g/mol. The quantitative estimate of drug-likeness (QED) is 0.430. The van der Waals surface area contributed by atoms with E-state index in [4.69, 9.17) is 5.11 Å². The largest absolute Gasteiger partial charge is 1.00 e. The van der Waals surface area contributed by atoms with Crippen molar-refractivity contribution in [3.63, 3.8) is 0 Å². The first-order valence-corrected chi connectivity index (χ1v) is 2.71. The van der Waals surface area contributed by atoms with E-state index in [2.05, 4.69) is 0 Å². The minimum absolute atomic E-state index is 0. The van der Waals surface area contributed by atoms with Gasteiger partial charge in [-0.25, -0.2) is 8.78 Å². The van der Waals surface area contributed by atoms with Gasteiger partial charge in [-0.05, 0) is 0 Å². The first kappa shape index (κ1) is 11.3. The Hall–Kier alpha value is 0.290. The Morgan fingerprint density at radius 1 is 1.64 bits per heavy atom. The third-order valence-electron chi connectivity index (χ3n) is 1.65. The fourth-order valence-electron chi connectivity index (χ4n) is 0.939. The van der Waals surface area contributed by atoms with E-state index >= 15 is 0 Å². The van der Waals surface area contributed by atoms with Crippen molar-refractivity contribution >= 4 is 5.97 Å². The third kappa shape index (κ3) is 1.72. The Balaban J connectivity index is 0.000001000. The van der Waals surface area contributed by atoms with Crippen LogP contribution in [-0.4, -0.2) is 23.6 Å². The molecule has 0 spiro atoms. The summed E-state index contributed by atoms with van der Waals surface area (Å²) in [6.07, 6.45) is 0. The molecule has 0 amide bonds. The van der Waals surface area contributed by atoms with Crippen LogP contribution in [0.4, 0.5) is 8.78 Å². The average Bonchev–Trinajstić information content (AvgIpc) is 2.33. The Labute approximate surface area is 83.7 Å². The normalized spacial score (nSPS) is 32.3. The summed E-state index contributed by atoms with van der Waals surface area (Å²) < 4.78 is 24.3. The molecule has 0 aromatic heterocycles. The van der Waals surface area contributed by atoms with Crippen molar-refractivity contribution in [2.75, 3.05) is 6.61 Å². The van der Waals surface area contributed by atoms with E-state index in [1.54, 1.807) is 0 Å². The summed E-state index contributed by atoms with van der Waals surface area (Å²) in [5, 5.41) is 18.0. The van der Waals surface area contributed by atoms with Gasteiger partial charge in [-0.1, -0.05) is 0 Å². The number of aliphatic carboxylic acids is 1. The van der Waals surface area contributed by atoms with Gasteiger partial charge in [0.05, 0.1) is 24.4 Å². The molecule has 1 fully saturated rings. The molecular formula is C5H5F2NaO3. The number of hydrogen-bond acceptors (Lipinski definition) is 3. The van der Waals surface area contributed by atoms with Gasteiger partial charge in [0.15, 0.2) is 0 Å². The molecule has 0 unspecified atom stereocenters. The van der Waals surface area contributed by atoms with Crippen molar-refractivity contribution in [3.8, 4) is 0 Å². The van der Waals surface area contributed by atoms with Crippen LogP contribution in [0.25, 0.3) is 0 Å². The maximum atomic E-state index is 12.1. The molecule has 0 heterocycles. The van der Waals surface area contributed by atoms with Crippen molar-refractivity contribution in [1.29, 1.82) is 0 Å². The number of rotatable bonds is 2. The minimum Gasteiger partial charge on any atom is -0.550 e. The molecule has 0 aromatic rings. The second kappa shape index (κ2) is 3.35. The first-order chi connectivity index (χ1) is 4.51. The van der Waals surface area contributed by atoms with Crippen LogP contribution < -0.4 is 34.7 Å². The van der Waals surface area contributed by atoms with E-state index in [9.17, 15) is 18.7 Å². The Morgan fingerprint density at radius 2 is 2.09 bits per heavy atom. The first-order valence-electron chi connectivity index (χ1n) is 2.71. The molecule has 3 nitrogen and oxygen atoms in total. The molecule has 0 bridgehead atoms. The molecule has 1 rings (SSSR count). The maximum absolute atomic E-state index is 12.1. The van der Waals surface area contributed by atoms with Gasteiger partial charge >= 0.3 is 29.6 Å². The van der Waals surface area contributed by atoms with Crippen LogP contribution in [0.1, 0.15) is 0 Å². The predicted octanol–water partition coefficient (Wildman–Crippen LogP) is -4.39. The average molecular weight is 174 g/mol. The number of aliphatic hydroxyl groups excluding tert-OH is 1. The Bertz CT molecular complexity index is 173. The number of halogens is 2. The predicted molar refractivity (Wildman–Crippen MR) is 24.0 cm³/mol. The van der Waals surface area contributed by atoms with Crippen LogP contribution in [0.15, 0.2) is 0 Å². The van der Waals surface area contributed by atoms with Crippen LogP contribution in [0.5, 0.6) is 0 Å². The molecule has 58 valence electrons. The topological polar surface area (TPSA) is 60.4 Å². The Morgan fingerprint density at radius 3 is 2.18 bits per heavy atom. The third-order valence-corrected chi connectivity index (χ3v) is 1.65. The summed E-state index contributed by atoms with van der Waals surface area (Å²) in [6, 6.07) is 0. The molecule has 1 aliphatic carbocycles. The molecule has 11 heavy (non-hydrogen) atoms. The van der Waals surface area contributed by atoms with Crippen molar-refractivity contribution in [3.05, 3.63) is 0 Å². The number of carboxylic acid groups (broad SMARTS) is 1. The molecule has 1 aliphatic rings. The van der Waals surface area contributed by atoms with Gasteiger partial charge in [0.2, 0.25) is 0 Å². The van der Waals surface area contributed by atoms with Gasteiger partial charge in [-0.15, -0.1) is 0 Å². The van der Waals surface area contributed by atoms with Crippen molar-refractivity contribution in [2.45, 2.75) is 5.92 Å². The van der Waals surface area contributed by atoms with Crippen molar-refractivity contribution in [1.82, 2.24) is 0 Å². The number of carbonyl (C=O) groups is 1. The number of hydrogen-bond donors (Lipinski definition) is 1. The van der Waals surface area contributed by atoms with Gasteiger partial charge < -0.3 is 15.0 Å². The summed E-state index contributed by atoms with van der Waals surface area (Å²) in [6.45, 7) is -0.800. The minimum atomic E-state index is -3.26. The van der Waals surface area contributed by atoms with Gasteiger partial charge in [0.1, 0.15) is 0 Å². The second-order valence-electron chi connectivity index (χ2n) is 2.26. The van der Waals surface area contributed by atoms with Gasteiger partial charge in [-0.2, -0.15) is 0 Å². The number of carboxylic acids is 1. The molecule has 2 atom stereocenters. The SMILES string of the molecule is O=C([O-])[C@H]1[C@H](CO)C1(F)F.[Na+]. The molecule has 1 saturated carbocycles. The molecule has 6 heteroatoms. The fraction of sp³-hybridized carbons (Fsp3) is 0.800. The standard InChI is InChI=1S/C5H6F2O3.Na/c6-5(7)2(1-8)3(5)4(9)10;/h2-3,8H,1H2,(H,9,10);/q;+1/p-1/t2-,3+;/m0./s1. The zero-order chi connectivity index (χ0) is 7.94. The summed E-state index contributed by atoms with van der Waals surface area (Å²) in [4.78, 5) is 9.84. The maximum Gasteiger partial charge on any atom is 1.00 e. The molecule has 0 radical (unpaired) electrons. The van der Waals surface area contributed by atoms with Crippen molar-refractivity contribution < 1.29 is 53.3 Å². The number of alkyl halides is 2. The van der Waals surface area contributed by atoms with E-state index in [1.165, 1.54) is 0 Å². The molecule has 0 saturated heterocycles. The van der Waals surface area contributed by atoms with Crippen LogP contribution in [0, 0.1) is 11.8 Å². The van der Waals surface area contributed by atoms with Crippen LogP contribution in [0.2, 0.25) is 0 Å².